The van der Waals surface area contributed by atoms with Crippen molar-refractivity contribution in [2.24, 2.45) is 11.7 Å². The Morgan fingerprint density at radius 3 is 2.88 bits per heavy atom. The van der Waals surface area contributed by atoms with Gasteiger partial charge in [0.05, 0.1) is 18.3 Å². The summed E-state index contributed by atoms with van der Waals surface area (Å²) < 4.78 is 5.15. The van der Waals surface area contributed by atoms with E-state index in [1.807, 2.05) is 0 Å². The van der Waals surface area contributed by atoms with E-state index in [2.05, 4.69) is 6.92 Å². The lowest BCUT2D eigenvalue weighted by Gasteiger charge is -2.16. The van der Waals surface area contributed by atoms with Crippen molar-refractivity contribution in [2.75, 3.05) is 13.7 Å². The summed E-state index contributed by atoms with van der Waals surface area (Å²) in [6, 6.07) is 0.0237. The number of thiazole rings is 1. The zero-order chi connectivity index (χ0) is 11.5. The number of ether oxygens (including phenoxy) is 1. The van der Waals surface area contributed by atoms with Gasteiger partial charge in [-0.05, 0) is 25.7 Å². The predicted molar refractivity (Wildman–Crippen MR) is 66.7 cm³/mol. The van der Waals surface area contributed by atoms with Crippen LogP contribution in [0.3, 0.4) is 0 Å². The quantitative estimate of drug-likeness (QED) is 0.878. The molecule has 0 amide bonds. The van der Waals surface area contributed by atoms with Gasteiger partial charge in [0.1, 0.15) is 5.01 Å². The number of methoxy groups -OCH3 is 1. The molecule has 0 spiro atoms. The zero-order valence-corrected chi connectivity index (χ0v) is 10.8. The largest absolute Gasteiger partial charge is 0.384 e. The highest BCUT2D eigenvalue weighted by Crippen LogP contribution is 2.31. The zero-order valence-electron chi connectivity index (χ0n) is 10.0. The van der Waals surface area contributed by atoms with Crippen LogP contribution in [0, 0.1) is 5.92 Å². The van der Waals surface area contributed by atoms with Gasteiger partial charge < -0.3 is 10.5 Å². The van der Waals surface area contributed by atoms with Gasteiger partial charge in [0, 0.05) is 17.9 Å². The smallest absolute Gasteiger partial charge is 0.110 e. The minimum atomic E-state index is 0.0237. The number of aromatic nitrogens is 1. The molecule has 2 N–H and O–H groups in total. The average molecular weight is 240 g/mol. The molecule has 1 heterocycles. The van der Waals surface area contributed by atoms with E-state index >= 15 is 0 Å². The molecule has 16 heavy (non-hydrogen) atoms. The molecule has 1 aliphatic rings. The molecule has 0 saturated heterocycles. The summed E-state index contributed by atoms with van der Waals surface area (Å²) in [5.74, 6) is 0.331. The molecule has 1 aromatic heterocycles. The fraction of sp³-hybridized carbons (Fsp3) is 0.750. The normalized spacial score (nSPS) is 19.2. The first-order valence-corrected chi connectivity index (χ1v) is 6.77. The van der Waals surface area contributed by atoms with Gasteiger partial charge in [0.15, 0.2) is 0 Å². The van der Waals surface area contributed by atoms with E-state index in [-0.39, 0.29) is 6.04 Å². The van der Waals surface area contributed by atoms with E-state index in [9.17, 15) is 0 Å². The summed E-state index contributed by atoms with van der Waals surface area (Å²) in [7, 11) is 1.72. The monoisotopic (exact) mass is 240 g/mol. The molecule has 0 aromatic carbocycles. The van der Waals surface area contributed by atoms with Crippen molar-refractivity contribution in [3.8, 4) is 0 Å². The molecule has 3 nitrogen and oxygen atoms in total. The third kappa shape index (κ3) is 2.44. The van der Waals surface area contributed by atoms with Crippen LogP contribution in [0.1, 0.15) is 41.4 Å². The van der Waals surface area contributed by atoms with Crippen LogP contribution < -0.4 is 5.73 Å². The second-order valence-corrected chi connectivity index (χ2v) is 5.70. The van der Waals surface area contributed by atoms with Crippen LogP contribution in [0.25, 0.3) is 0 Å². The third-order valence-corrected chi connectivity index (χ3v) is 4.45. The summed E-state index contributed by atoms with van der Waals surface area (Å²) in [5, 5.41) is 1.09. The van der Waals surface area contributed by atoms with Crippen LogP contribution in [0.15, 0.2) is 0 Å². The summed E-state index contributed by atoms with van der Waals surface area (Å²) >= 11 is 1.81. The van der Waals surface area contributed by atoms with Crippen molar-refractivity contribution < 1.29 is 4.74 Å². The van der Waals surface area contributed by atoms with Gasteiger partial charge in [-0.25, -0.2) is 4.98 Å². The highest BCUT2D eigenvalue weighted by atomic mass is 32.1. The molecule has 0 fully saturated rings. The maximum Gasteiger partial charge on any atom is 0.110 e. The molecular formula is C12H20N2OS. The Morgan fingerprint density at radius 2 is 2.19 bits per heavy atom. The molecule has 1 aliphatic carbocycles. The van der Waals surface area contributed by atoms with Crippen molar-refractivity contribution >= 4 is 11.3 Å². The van der Waals surface area contributed by atoms with Crippen LogP contribution in [-0.4, -0.2) is 18.7 Å². The Bertz CT molecular complexity index is 327. The molecule has 2 atom stereocenters. The molecule has 1 aromatic rings. The Morgan fingerprint density at radius 1 is 1.44 bits per heavy atom. The number of hydrogen-bond acceptors (Lipinski definition) is 4. The standard InChI is InChI=1S/C12H20N2OS/c1-8(7-15-2)11(13)12-14-9-5-3-4-6-10(9)16-12/h8,11H,3-7,13H2,1-2H3. The predicted octanol–water partition coefficient (Wildman–Crippen LogP) is 2.30. The van der Waals surface area contributed by atoms with E-state index in [0.29, 0.717) is 12.5 Å². The number of nitrogens with zero attached hydrogens (tertiary/aromatic N) is 1. The summed E-state index contributed by atoms with van der Waals surface area (Å²) in [6.45, 7) is 2.82. The average Bonchev–Trinajstić information content (AvgIpc) is 2.71. The third-order valence-electron chi connectivity index (χ3n) is 3.19. The lowest BCUT2D eigenvalue weighted by Crippen LogP contribution is -2.22. The number of hydrogen-bond donors (Lipinski definition) is 1. The van der Waals surface area contributed by atoms with Crippen LogP contribution in [0.2, 0.25) is 0 Å². The maximum atomic E-state index is 6.20. The fourth-order valence-electron chi connectivity index (χ4n) is 2.12. The first kappa shape index (κ1) is 12.0. The first-order chi connectivity index (χ1) is 7.72. The van der Waals surface area contributed by atoms with Gasteiger partial charge in [0.2, 0.25) is 0 Å². The highest BCUT2D eigenvalue weighted by molar-refractivity contribution is 7.11. The molecule has 0 bridgehead atoms. The molecular weight excluding hydrogens is 220 g/mol. The second-order valence-electron chi connectivity index (χ2n) is 4.59. The van der Waals surface area contributed by atoms with Crippen molar-refractivity contribution in [3.63, 3.8) is 0 Å². The van der Waals surface area contributed by atoms with E-state index in [1.54, 1.807) is 18.4 Å². The van der Waals surface area contributed by atoms with Crippen molar-refractivity contribution in [1.82, 2.24) is 4.98 Å². The van der Waals surface area contributed by atoms with E-state index in [4.69, 9.17) is 15.5 Å². The molecule has 2 unspecified atom stereocenters. The van der Waals surface area contributed by atoms with Gasteiger partial charge >= 0.3 is 0 Å². The number of nitrogens with two attached hydrogens (primary N) is 1. The molecule has 90 valence electrons. The van der Waals surface area contributed by atoms with E-state index in [0.717, 1.165) is 11.4 Å². The molecule has 0 radical (unpaired) electrons. The topological polar surface area (TPSA) is 48.1 Å². The van der Waals surface area contributed by atoms with Crippen molar-refractivity contribution in [1.29, 1.82) is 0 Å². The van der Waals surface area contributed by atoms with E-state index < -0.39 is 0 Å². The van der Waals surface area contributed by atoms with Gasteiger partial charge in [-0.15, -0.1) is 11.3 Å². The Labute approximate surface area is 101 Å². The lowest BCUT2D eigenvalue weighted by atomic mass is 10.0. The number of aryl methyl sites for hydroxylation is 2. The number of fused-ring (bicyclic) bond motifs is 1. The minimum absolute atomic E-state index is 0.0237. The Hall–Kier alpha value is -0.450. The fourth-order valence-corrected chi connectivity index (χ4v) is 3.41. The van der Waals surface area contributed by atoms with Crippen LogP contribution in [0.5, 0.6) is 0 Å². The SMILES string of the molecule is COCC(C)C(N)c1nc2c(s1)CCCC2. The van der Waals surface area contributed by atoms with E-state index in [1.165, 1.54) is 29.8 Å². The maximum absolute atomic E-state index is 6.20. The first-order valence-electron chi connectivity index (χ1n) is 5.95. The van der Waals surface area contributed by atoms with Crippen LogP contribution in [-0.2, 0) is 17.6 Å². The molecule has 4 heteroatoms. The summed E-state index contributed by atoms with van der Waals surface area (Å²) in [6.07, 6.45) is 4.91. The Kier molecular flexibility index (Phi) is 3.95. The number of rotatable bonds is 4. The summed E-state index contributed by atoms with van der Waals surface area (Å²) in [5.41, 5.74) is 7.50. The lowest BCUT2D eigenvalue weighted by molar-refractivity contribution is 0.147. The van der Waals surface area contributed by atoms with Gasteiger partial charge in [-0.2, -0.15) is 0 Å². The highest BCUT2D eigenvalue weighted by Gasteiger charge is 2.22. The van der Waals surface area contributed by atoms with Gasteiger partial charge in [0.25, 0.3) is 0 Å². The minimum Gasteiger partial charge on any atom is -0.384 e. The van der Waals surface area contributed by atoms with Crippen LogP contribution >= 0.6 is 11.3 Å². The van der Waals surface area contributed by atoms with Crippen molar-refractivity contribution in [2.45, 2.75) is 38.6 Å². The van der Waals surface area contributed by atoms with Crippen LogP contribution in [0.4, 0.5) is 0 Å². The second kappa shape index (κ2) is 5.25. The molecule has 0 saturated carbocycles. The van der Waals surface area contributed by atoms with Crippen molar-refractivity contribution in [3.05, 3.63) is 15.6 Å². The Balaban J connectivity index is 2.11. The van der Waals surface area contributed by atoms with Gasteiger partial charge in [-0.3, -0.25) is 0 Å². The molecule has 2 rings (SSSR count). The molecule has 0 aliphatic heterocycles. The summed E-state index contributed by atoms with van der Waals surface area (Å²) in [4.78, 5) is 6.15. The van der Waals surface area contributed by atoms with Gasteiger partial charge in [-0.1, -0.05) is 6.92 Å².